The van der Waals surface area contributed by atoms with Gasteiger partial charge >= 0.3 is 0 Å². The summed E-state index contributed by atoms with van der Waals surface area (Å²) in [6.07, 6.45) is 6.10. The maximum absolute atomic E-state index is 2.73. The van der Waals surface area contributed by atoms with E-state index in [1.807, 2.05) is 11.3 Å². The van der Waals surface area contributed by atoms with Gasteiger partial charge in [-0.05, 0) is 234 Å². The summed E-state index contributed by atoms with van der Waals surface area (Å²) in [6, 6.07) is 63.6. The monoisotopic (exact) mass is 1150 g/mol. The van der Waals surface area contributed by atoms with Crippen LogP contribution >= 0.6 is 11.3 Å². The van der Waals surface area contributed by atoms with Crippen molar-refractivity contribution in [2.45, 2.75) is 182 Å². The van der Waals surface area contributed by atoms with Crippen LogP contribution in [0, 0.1) is 23.7 Å². The maximum atomic E-state index is 2.73. The van der Waals surface area contributed by atoms with E-state index in [9.17, 15) is 0 Å². The minimum Gasteiger partial charge on any atom is -0.311 e. The highest BCUT2D eigenvalue weighted by Crippen LogP contribution is 2.78. The number of thiophene rings is 1. The van der Waals surface area contributed by atoms with Crippen molar-refractivity contribution in [2.75, 3.05) is 14.7 Å². The van der Waals surface area contributed by atoms with Gasteiger partial charge in [0, 0.05) is 65.8 Å². The van der Waals surface area contributed by atoms with Crippen LogP contribution in [0.4, 0.5) is 51.2 Å². The average molecular weight is 1150 g/mol. The molecule has 86 heavy (non-hydrogen) atoms. The summed E-state index contributed by atoms with van der Waals surface area (Å²) >= 11 is 2.02. The predicted molar refractivity (Wildman–Crippen MR) is 372 cm³/mol. The number of rotatable bonds is 5. The maximum Gasteiger partial charge on any atom is 0.264 e. The molecule has 0 saturated heterocycles. The molecule has 1 spiro atoms. The molecule has 9 aromatic rings. The summed E-state index contributed by atoms with van der Waals surface area (Å²) in [7, 11) is 0. The van der Waals surface area contributed by atoms with Gasteiger partial charge in [-0.1, -0.05) is 184 Å². The molecule has 3 atom stereocenters. The number of hydrogen-bond acceptors (Lipinski definition) is 4. The summed E-state index contributed by atoms with van der Waals surface area (Å²) in [5.41, 5.74) is 28.4. The Bertz CT molecular complexity index is 4250. The summed E-state index contributed by atoms with van der Waals surface area (Å²) in [5.74, 6) is 0.667. The molecule has 2 bridgehead atoms. The van der Waals surface area contributed by atoms with Gasteiger partial charge in [0.1, 0.15) is 0 Å². The molecule has 8 aromatic carbocycles. The van der Waals surface area contributed by atoms with E-state index in [0.717, 1.165) is 17.1 Å². The van der Waals surface area contributed by atoms with Crippen molar-refractivity contribution >= 4 is 95.0 Å². The Morgan fingerprint density at radius 1 is 0.500 bits per heavy atom. The van der Waals surface area contributed by atoms with Crippen molar-refractivity contribution in [2.24, 2.45) is 16.7 Å². The largest absolute Gasteiger partial charge is 0.311 e. The van der Waals surface area contributed by atoms with E-state index < -0.39 is 0 Å². The van der Waals surface area contributed by atoms with Crippen molar-refractivity contribution in [3.8, 4) is 11.1 Å². The summed E-state index contributed by atoms with van der Waals surface area (Å²) in [6.45, 7) is 41.1. The van der Waals surface area contributed by atoms with Crippen molar-refractivity contribution in [3.05, 3.63) is 202 Å². The van der Waals surface area contributed by atoms with Gasteiger partial charge in [-0.15, -0.1) is 11.3 Å². The van der Waals surface area contributed by atoms with Crippen LogP contribution in [0.3, 0.4) is 0 Å². The first-order chi connectivity index (χ1) is 40.5. The minimum absolute atomic E-state index is 0.0171. The van der Waals surface area contributed by atoms with Crippen LogP contribution < -0.4 is 30.4 Å². The molecular weight excluding hydrogens is 1060 g/mol. The summed E-state index contributed by atoms with van der Waals surface area (Å²) in [4.78, 5) is 7.98. The van der Waals surface area contributed by atoms with Crippen LogP contribution in [-0.4, -0.2) is 6.71 Å². The van der Waals surface area contributed by atoms with E-state index in [4.69, 9.17) is 0 Å². The lowest BCUT2D eigenvalue weighted by molar-refractivity contribution is 0.0990. The zero-order valence-electron chi connectivity index (χ0n) is 54.5. The topological polar surface area (TPSA) is 9.72 Å². The zero-order chi connectivity index (χ0) is 60.4. The molecule has 3 heterocycles. The third kappa shape index (κ3) is 7.77. The second kappa shape index (κ2) is 18.2. The number of nitrogens with zero attached hydrogens (tertiary/aromatic N) is 3. The molecule has 1 aromatic heterocycles. The fourth-order valence-electron chi connectivity index (χ4n) is 17.8. The van der Waals surface area contributed by atoms with Gasteiger partial charge in [-0.3, -0.25) is 0 Å². The Hall–Kier alpha value is -6.82. The molecule has 0 N–H and O–H groups in total. The predicted octanol–water partition coefficient (Wildman–Crippen LogP) is 21.1. The van der Waals surface area contributed by atoms with Gasteiger partial charge in [0.2, 0.25) is 0 Å². The fourth-order valence-corrected chi connectivity index (χ4v) is 19.1. The number of benzene rings is 8. The lowest BCUT2D eigenvalue weighted by Crippen LogP contribution is -2.60. The van der Waals surface area contributed by atoms with E-state index in [0.29, 0.717) is 5.92 Å². The van der Waals surface area contributed by atoms with Crippen LogP contribution in [0.1, 0.15) is 187 Å². The Balaban J connectivity index is 1.02. The highest BCUT2D eigenvalue weighted by molar-refractivity contribution is 7.33. The lowest BCUT2D eigenvalue weighted by atomic mass is 9.36. The van der Waals surface area contributed by atoms with Gasteiger partial charge in [-0.25, -0.2) is 0 Å². The standard InChI is InChI=1S/C81H88BN3S/c1-49-42-68-71-69(43-49)85(57-32-35-63-65(46-57)78(13,14)41-40-77(63,11)12)72-61-44-52(76(8,9)10)26-37-70(61)86-73(72)82(71)66-36-33-58(83(54-27-22-50(23-28-54)74(2,3)4)55-29-24-51(25-30-55)75(5,6)7)47-67(66)84(68)56-31-34-60-59-20-18-19-21-62(59)81(64(60)45-56)48-53-38-39-80(81,17)79(53,15)16/h18-37,42-47,53H,38-41,48H2,1-17H3. The lowest BCUT2D eigenvalue weighted by Gasteiger charge is -2.48. The molecule has 0 radical (unpaired) electrons. The van der Waals surface area contributed by atoms with E-state index in [2.05, 4.69) is 290 Å². The third-order valence-corrected chi connectivity index (χ3v) is 24.5. The molecule has 4 aliphatic carbocycles. The Morgan fingerprint density at radius 3 is 1.67 bits per heavy atom. The van der Waals surface area contributed by atoms with Gasteiger partial charge in [-0.2, -0.15) is 0 Å². The smallest absolute Gasteiger partial charge is 0.264 e. The quantitative estimate of drug-likeness (QED) is 0.159. The van der Waals surface area contributed by atoms with E-state index >= 15 is 0 Å². The molecule has 2 saturated carbocycles. The highest BCUT2D eigenvalue weighted by atomic mass is 32.1. The molecule has 3 nitrogen and oxygen atoms in total. The molecule has 2 aliphatic heterocycles. The third-order valence-electron chi connectivity index (χ3n) is 23.3. The first kappa shape index (κ1) is 55.7. The van der Waals surface area contributed by atoms with Crippen LogP contribution in [0.5, 0.6) is 0 Å². The van der Waals surface area contributed by atoms with Gasteiger partial charge in [0.05, 0.1) is 5.69 Å². The normalized spacial score (nSPS) is 21.7. The van der Waals surface area contributed by atoms with Gasteiger partial charge in [0.25, 0.3) is 6.71 Å². The van der Waals surface area contributed by atoms with Crippen LogP contribution in [0.2, 0.25) is 0 Å². The Morgan fingerprint density at radius 2 is 1.06 bits per heavy atom. The molecule has 5 heteroatoms. The SMILES string of the molecule is Cc1cc2c3c(c1)N(c1ccc4c(c1)C(C)(C)CCC4(C)C)c1c(sc4ccc(C(C)(C)C)cc14)B3c1ccc(N(c3ccc(C(C)(C)C)cc3)c3ccc(C(C)(C)C)cc3)cc1N2c1ccc2c(c1)C1(CC3CCC1(C)C3(C)C)c1ccccc1-2. The molecule has 3 unspecified atom stereocenters. The van der Waals surface area contributed by atoms with Crippen LogP contribution in [0.25, 0.3) is 21.2 Å². The van der Waals surface area contributed by atoms with Crippen LogP contribution in [0.15, 0.2) is 158 Å². The number of aryl methyl sites for hydroxylation is 1. The Kier molecular flexibility index (Phi) is 11.8. The average Bonchev–Trinajstić information content (AvgIpc) is 1.47. The first-order valence-electron chi connectivity index (χ1n) is 32.4. The molecule has 15 rings (SSSR count). The van der Waals surface area contributed by atoms with E-state index in [-0.39, 0.29) is 50.0 Å². The van der Waals surface area contributed by atoms with E-state index in [1.165, 1.54) is 142 Å². The fraction of sp³-hybridized carbons (Fsp3) is 0.383. The zero-order valence-corrected chi connectivity index (χ0v) is 55.3. The number of hydrogen-bond donors (Lipinski definition) is 0. The van der Waals surface area contributed by atoms with Crippen molar-refractivity contribution in [3.63, 3.8) is 0 Å². The number of anilines is 9. The van der Waals surface area contributed by atoms with E-state index in [1.54, 1.807) is 5.56 Å². The molecule has 6 aliphatic rings. The van der Waals surface area contributed by atoms with Crippen molar-refractivity contribution in [1.29, 1.82) is 0 Å². The molecule has 436 valence electrons. The van der Waals surface area contributed by atoms with Gasteiger partial charge in [0.15, 0.2) is 0 Å². The van der Waals surface area contributed by atoms with Crippen LogP contribution in [-0.2, 0) is 32.5 Å². The highest BCUT2D eigenvalue weighted by Gasteiger charge is 2.71. The second-order valence-corrected chi connectivity index (χ2v) is 33.5. The minimum atomic E-state index is -0.0882. The molecule has 0 amide bonds. The van der Waals surface area contributed by atoms with Crippen molar-refractivity contribution < 1.29 is 0 Å². The van der Waals surface area contributed by atoms with Crippen molar-refractivity contribution in [1.82, 2.24) is 0 Å². The number of fused-ring (bicyclic) bond motifs is 15. The summed E-state index contributed by atoms with van der Waals surface area (Å²) < 4.78 is 2.76. The molecular formula is C81H88BN3S. The Labute approximate surface area is 519 Å². The summed E-state index contributed by atoms with van der Waals surface area (Å²) in [5, 5.41) is 1.35. The van der Waals surface area contributed by atoms with Gasteiger partial charge < -0.3 is 14.7 Å². The molecule has 2 fully saturated rings. The second-order valence-electron chi connectivity index (χ2n) is 32.4. The first-order valence-corrected chi connectivity index (χ1v) is 33.2.